The zero-order chi connectivity index (χ0) is 14.2. The summed E-state index contributed by atoms with van der Waals surface area (Å²) in [6.45, 7) is 7.93. The van der Waals surface area contributed by atoms with Crippen LogP contribution in [0.3, 0.4) is 0 Å². The molecule has 2 aromatic heterocycles. The zero-order valence-electron chi connectivity index (χ0n) is 11.9. The molecular weight excluding hydrogens is 258 g/mol. The fraction of sp³-hybridized carbons (Fsp3) is 0.429. The van der Waals surface area contributed by atoms with E-state index in [9.17, 15) is 4.79 Å². The second kappa shape index (κ2) is 5.17. The molecule has 5 heteroatoms. The van der Waals surface area contributed by atoms with E-state index < -0.39 is 0 Å². The zero-order valence-corrected chi connectivity index (χ0v) is 12.8. The van der Waals surface area contributed by atoms with Gasteiger partial charge in [0.2, 0.25) is 0 Å². The number of hydrogen-bond donors (Lipinski definition) is 1. The molecule has 102 valence electrons. The van der Waals surface area contributed by atoms with Crippen LogP contribution in [0.4, 0.5) is 0 Å². The SMILES string of the molecule is Cc1nc([C@@H](C)NC(=O)c2ccn(C)c2C)c(C)s1. The Morgan fingerprint density at radius 3 is 2.58 bits per heavy atom. The number of carbonyl (C=O) groups excluding carboxylic acids is 1. The minimum Gasteiger partial charge on any atom is -0.354 e. The molecule has 1 amide bonds. The van der Waals surface area contributed by atoms with E-state index in [-0.39, 0.29) is 11.9 Å². The summed E-state index contributed by atoms with van der Waals surface area (Å²) in [4.78, 5) is 17.9. The predicted octanol–water partition coefficient (Wildman–Crippen LogP) is 2.90. The average molecular weight is 277 g/mol. The van der Waals surface area contributed by atoms with Crippen LogP contribution < -0.4 is 5.32 Å². The number of nitrogens with zero attached hydrogens (tertiary/aromatic N) is 2. The fourth-order valence-electron chi connectivity index (χ4n) is 2.14. The van der Waals surface area contributed by atoms with Gasteiger partial charge >= 0.3 is 0 Å². The number of hydrogen-bond acceptors (Lipinski definition) is 3. The van der Waals surface area contributed by atoms with Crippen molar-refractivity contribution in [3.63, 3.8) is 0 Å². The number of aryl methyl sites for hydroxylation is 3. The van der Waals surface area contributed by atoms with E-state index in [1.807, 2.05) is 51.6 Å². The van der Waals surface area contributed by atoms with Gasteiger partial charge in [-0.3, -0.25) is 4.79 Å². The van der Waals surface area contributed by atoms with Gasteiger partial charge in [0.1, 0.15) is 0 Å². The standard InChI is InChI=1S/C14H19N3OS/c1-8(13-10(3)19-11(4)16-13)15-14(18)12-6-7-17(5)9(12)2/h6-8H,1-5H3,(H,15,18)/t8-/m1/s1. The maximum Gasteiger partial charge on any atom is 0.253 e. The summed E-state index contributed by atoms with van der Waals surface area (Å²) in [5, 5.41) is 4.04. The highest BCUT2D eigenvalue weighted by atomic mass is 32.1. The smallest absolute Gasteiger partial charge is 0.253 e. The molecule has 0 aliphatic carbocycles. The molecule has 0 saturated heterocycles. The van der Waals surface area contributed by atoms with E-state index in [1.165, 1.54) is 0 Å². The van der Waals surface area contributed by atoms with Gasteiger partial charge in [0.05, 0.1) is 22.3 Å². The number of rotatable bonds is 3. The van der Waals surface area contributed by atoms with E-state index in [4.69, 9.17) is 0 Å². The van der Waals surface area contributed by atoms with Crippen LogP contribution in [0.25, 0.3) is 0 Å². The average Bonchev–Trinajstić information content (AvgIpc) is 2.83. The third kappa shape index (κ3) is 2.71. The lowest BCUT2D eigenvalue weighted by molar-refractivity contribution is 0.0938. The minimum absolute atomic E-state index is 0.0457. The predicted molar refractivity (Wildman–Crippen MR) is 77.6 cm³/mol. The molecule has 0 saturated carbocycles. The molecule has 1 N–H and O–H groups in total. The van der Waals surface area contributed by atoms with Gasteiger partial charge in [0, 0.05) is 23.8 Å². The minimum atomic E-state index is -0.0722. The molecule has 2 heterocycles. The number of aromatic nitrogens is 2. The first kappa shape index (κ1) is 13.8. The van der Waals surface area contributed by atoms with Crippen molar-refractivity contribution in [3.8, 4) is 0 Å². The molecule has 0 radical (unpaired) electrons. The number of thiazole rings is 1. The second-order valence-corrected chi connectivity index (χ2v) is 6.20. The van der Waals surface area contributed by atoms with Gasteiger partial charge in [-0.15, -0.1) is 11.3 Å². The lowest BCUT2D eigenvalue weighted by atomic mass is 10.2. The van der Waals surface area contributed by atoms with Gasteiger partial charge in [0.25, 0.3) is 5.91 Å². The van der Waals surface area contributed by atoms with Crippen molar-refractivity contribution in [2.24, 2.45) is 7.05 Å². The number of amides is 1. The van der Waals surface area contributed by atoms with Crippen LogP contribution in [0.15, 0.2) is 12.3 Å². The Morgan fingerprint density at radius 1 is 1.42 bits per heavy atom. The fourth-order valence-corrected chi connectivity index (χ4v) is 3.05. The first-order valence-electron chi connectivity index (χ1n) is 6.27. The lowest BCUT2D eigenvalue weighted by Crippen LogP contribution is -2.27. The molecule has 0 bridgehead atoms. The molecule has 2 rings (SSSR count). The third-order valence-corrected chi connectivity index (χ3v) is 4.23. The Balaban J connectivity index is 2.15. The molecule has 0 fully saturated rings. The first-order valence-corrected chi connectivity index (χ1v) is 7.08. The summed E-state index contributed by atoms with van der Waals surface area (Å²) in [5.41, 5.74) is 2.65. The van der Waals surface area contributed by atoms with Gasteiger partial charge in [-0.2, -0.15) is 0 Å². The normalized spacial score (nSPS) is 12.5. The summed E-state index contributed by atoms with van der Waals surface area (Å²) in [5.74, 6) is -0.0457. The van der Waals surface area contributed by atoms with E-state index >= 15 is 0 Å². The molecule has 0 aliphatic heterocycles. The number of carbonyl (C=O) groups is 1. The Kier molecular flexibility index (Phi) is 3.75. The summed E-state index contributed by atoms with van der Waals surface area (Å²) < 4.78 is 1.94. The molecule has 0 spiro atoms. The highest BCUT2D eigenvalue weighted by Crippen LogP contribution is 2.22. The van der Waals surface area contributed by atoms with Gasteiger partial charge in [-0.25, -0.2) is 4.98 Å². The Morgan fingerprint density at radius 2 is 2.11 bits per heavy atom. The summed E-state index contributed by atoms with van der Waals surface area (Å²) in [6.07, 6.45) is 1.90. The van der Waals surface area contributed by atoms with Crippen LogP contribution in [0, 0.1) is 20.8 Å². The van der Waals surface area contributed by atoms with E-state index in [1.54, 1.807) is 11.3 Å². The highest BCUT2D eigenvalue weighted by molar-refractivity contribution is 7.11. The monoisotopic (exact) mass is 277 g/mol. The maximum absolute atomic E-state index is 12.2. The van der Waals surface area contributed by atoms with Gasteiger partial charge in [0.15, 0.2) is 0 Å². The molecule has 1 atom stereocenters. The van der Waals surface area contributed by atoms with Crippen LogP contribution in [0.5, 0.6) is 0 Å². The third-order valence-electron chi connectivity index (χ3n) is 3.33. The lowest BCUT2D eigenvalue weighted by Gasteiger charge is -2.13. The van der Waals surface area contributed by atoms with Crippen LogP contribution >= 0.6 is 11.3 Å². The highest BCUT2D eigenvalue weighted by Gasteiger charge is 2.18. The second-order valence-electron chi connectivity index (χ2n) is 4.80. The van der Waals surface area contributed by atoms with Crippen molar-refractivity contribution in [1.82, 2.24) is 14.9 Å². The summed E-state index contributed by atoms with van der Waals surface area (Å²) in [7, 11) is 1.93. The quantitative estimate of drug-likeness (QED) is 0.937. The first-order chi connectivity index (χ1) is 8.90. The molecule has 2 aromatic rings. The molecule has 0 aliphatic rings. The number of nitrogens with one attached hydrogen (secondary N) is 1. The van der Waals surface area contributed by atoms with Crippen molar-refractivity contribution in [3.05, 3.63) is 39.1 Å². The van der Waals surface area contributed by atoms with Gasteiger partial charge in [-0.1, -0.05) is 0 Å². The maximum atomic E-state index is 12.2. The van der Waals surface area contributed by atoms with Crippen LogP contribution in [0.2, 0.25) is 0 Å². The molecule has 4 nitrogen and oxygen atoms in total. The Bertz CT molecular complexity index is 612. The van der Waals surface area contributed by atoms with Crippen molar-refractivity contribution >= 4 is 17.2 Å². The van der Waals surface area contributed by atoms with Crippen LogP contribution in [-0.2, 0) is 7.05 Å². The molecule has 0 unspecified atom stereocenters. The van der Waals surface area contributed by atoms with Crippen molar-refractivity contribution in [2.45, 2.75) is 33.7 Å². The molecule has 0 aromatic carbocycles. The van der Waals surface area contributed by atoms with E-state index in [2.05, 4.69) is 10.3 Å². The van der Waals surface area contributed by atoms with Gasteiger partial charge < -0.3 is 9.88 Å². The van der Waals surface area contributed by atoms with Crippen molar-refractivity contribution < 1.29 is 4.79 Å². The summed E-state index contributed by atoms with van der Waals surface area (Å²) in [6, 6.07) is 1.77. The van der Waals surface area contributed by atoms with E-state index in [0.717, 1.165) is 26.8 Å². The largest absolute Gasteiger partial charge is 0.354 e. The molecule has 19 heavy (non-hydrogen) atoms. The van der Waals surface area contributed by atoms with Crippen molar-refractivity contribution in [2.75, 3.05) is 0 Å². The Labute approximate surface area is 117 Å². The van der Waals surface area contributed by atoms with Crippen molar-refractivity contribution in [1.29, 1.82) is 0 Å². The van der Waals surface area contributed by atoms with E-state index in [0.29, 0.717) is 0 Å². The van der Waals surface area contributed by atoms with Crippen LogP contribution in [-0.4, -0.2) is 15.5 Å². The van der Waals surface area contributed by atoms with Gasteiger partial charge in [-0.05, 0) is 33.8 Å². The molecular formula is C14H19N3OS. The Hall–Kier alpha value is -1.62. The van der Waals surface area contributed by atoms with Crippen LogP contribution in [0.1, 0.15) is 44.6 Å². The summed E-state index contributed by atoms with van der Waals surface area (Å²) >= 11 is 1.66. The topological polar surface area (TPSA) is 46.9 Å².